The van der Waals surface area contributed by atoms with Gasteiger partial charge in [0.15, 0.2) is 0 Å². The van der Waals surface area contributed by atoms with Gasteiger partial charge in [-0.3, -0.25) is 9.63 Å². The van der Waals surface area contributed by atoms with Gasteiger partial charge in [-0.2, -0.15) is 0 Å². The molecule has 1 atom stereocenters. The summed E-state index contributed by atoms with van der Waals surface area (Å²) >= 11 is 0. The number of rotatable bonds is 1. The minimum atomic E-state index is -0.353. The third-order valence-electron chi connectivity index (χ3n) is 1.53. The largest absolute Gasteiger partial charge is 0.320 e. The molecule has 0 saturated carbocycles. The summed E-state index contributed by atoms with van der Waals surface area (Å²) in [6.45, 7) is 2.99. The molecule has 0 aromatic rings. The number of carbonyl (C=O) groups is 1. The Morgan fingerprint density at radius 2 is 2.60 bits per heavy atom. The quantitative estimate of drug-likeness (QED) is 0.539. The highest BCUT2D eigenvalue weighted by atomic mass is 16.7. The summed E-state index contributed by atoms with van der Waals surface area (Å²) in [5.41, 5.74) is 5.47. The normalized spacial score (nSPS) is 27.2. The van der Waals surface area contributed by atoms with E-state index in [0.717, 1.165) is 0 Å². The van der Waals surface area contributed by atoms with E-state index in [0.29, 0.717) is 19.6 Å². The standard InChI is InChI=1S/C6H12N2O2/c1-2-8-6(9)5(7)3-4-10-8/h5H,2-4,7H2,1H3. The lowest BCUT2D eigenvalue weighted by Crippen LogP contribution is -2.48. The van der Waals surface area contributed by atoms with E-state index >= 15 is 0 Å². The molecule has 10 heavy (non-hydrogen) atoms. The van der Waals surface area contributed by atoms with Gasteiger partial charge >= 0.3 is 0 Å². The number of likely N-dealkylation sites (N-methyl/N-ethyl adjacent to an activating group) is 1. The van der Waals surface area contributed by atoms with Crippen molar-refractivity contribution in [3.05, 3.63) is 0 Å². The average Bonchev–Trinajstić information content (AvgIpc) is 1.95. The van der Waals surface area contributed by atoms with E-state index < -0.39 is 0 Å². The molecule has 0 aliphatic carbocycles. The predicted octanol–water partition coefficient (Wildman–Crippen LogP) is -0.503. The molecule has 1 aliphatic rings. The summed E-state index contributed by atoms with van der Waals surface area (Å²) in [5, 5.41) is 1.31. The molecule has 4 nitrogen and oxygen atoms in total. The second-order valence-electron chi connectivity index (χ2n) is 2.26. The maximum Gasteiger partial charge on any atom is 0.263 e. The van der Waals surface area contributed by atoms with Gasteiger partial charge < -0.3 is 5.73 Å². The summed E-state index contributed by atoms with van der Waals surface area (Å²) in [6, 6.07) is -0.353. The first kappa shape index (κ1) is 7.50. The number of hydrogen-bond donors (Lipinski definition) is 1. The molecular weight excluding hydrogens is 132 g/mol. The summed E-state index contributed by atoms with van der Waals surface area (Å²) < 4.78 is 0. The van der Waals surface area contributed by atoms with Crippen molar-refractivity contribution >= 4 is 5.91 Å². The summed E-state index contributed by atoms with van der Waals surface area (Å²) in [4.78, 5) is 16.0. The van der Waals surface area contributed by atoms with Crippen LogP contribution in [0.5, 0.6) is 0 Å². The van der Waals surface area contributed by atoms with Crippen LogP contribution >= 0.6 is 0 Å². The monoisotopic (exact) mass is 144 g/mol. The van der Waals surface area contributed by atoms with E-state index in [1.807, 2.05) is 6.92 Å². The number of carbonyl (C=O) groups excluding carboxylic acids is 1. The SMILES string of the molecule is CCN1OCCC(N)C1=O. The predicted molar refractivity (Wildman–Crippen MR) is 35.9 cm³/mol. The minimum absolute atomic E-state index is 0.103. The maximum absolute atomic E-state index is 11.0. The number of hydroxylamine groups is 2. The Labute approximate surface area is 59.9 Å². The highest BCUT2D eigenvalue weighted by molar-refractivity contribution is 5.81. The van der Waals surface area contributed by atoms with Crippen molar-refractivity contribution in [2.75, 3.05) is 13.2 Å². The van der Waals surface area contributed by atoms with Crippen molar-refractivity contribution in [3.8, 4) is 0 Å². The van der Waals surface area contributed by atoms with E-state index in [1.54, 1.807) is 0 Å². The number of nitrogens with zero attached hydrogens (tertiary/aromatic N) is 1. The topological polar surface area (TPSA) is 55.6 Å². The van der Waals surface area contributed by atoms with E-state index in [4.69, 9.17) is 10.6 Å². The first-order valence-corrected chi connectivity index (χ1v) is 3.45. The van der Waals surface area contributed by atoms with Crippen molar-refractivity contribution in [2.24, 2.45) is 5.73 Å². The Morgan fingerprint density at radius 1 is 1.90 bits per heavy atom. The van der Waals surface area contributed by atoms with Crippen LogP contribution in [0.1, 0.15) is 13.3 Å². The second kappa shape index (κ2) is 2.98. The number of amides is 1. The smallest absolute Gasteiger partial charge is 0.263 e. The first-order chi connectivity index (χ1) is 4.75. The third kappa shape index (κ3) is 1.27. The molecule has 2 N–H and O–H groups in total. The number of hydrogen-bond acceptors (Lipinski definition) is 3. The highest BCUT2D eigenvalue weighted by Gasteiger charge is 2.24. The molecule has 1 rings (SSSR count). The van der Waals surface area contributed by atoms with Crippen LogP contribution in [-0.4, -0.2) is 30.2 Å². The van der Waals surface area contributed by atoms with Gasteiger partial charge in [-0.1, -0.05) is 0 Å². The minimum Gasteiger partial charge on any atom is -0.320 e. The maximum atomic E-state index is 11.0. The van der Waals surface area contributed by atoms with Crippen LogP contribution in [0, 0.1) is 0 Å². The lowest BCUT2D eigenvalue weighted by atomic mass is 10.2. The van der Waals surface area contributed by atoms with Crippen LogP contribution in [0.2, 0.25) is 0 Å². The first-order valence-electron chi connectivity index (χ1n) is 3.45. The van der Waals surface area contributed by atoms with Gasteiger partial charge in [0.05, 0.1) is 12.6 Å². The molecule has 1 saturated heterocycles. The Kier molecular flexibility index (Phi) is 2.24. The lowest BCUT2D eigenvalue weighted by molar-refractivity contribution is -0.199. The van der Waals surface area contributed by atoms with Gasteiger partial charge in [0.25, 0.3) is 5.91 Å². The molecule has 0 aromatic carbocycles. The Hall–Kier alpha value is -0.610. The van der Waals surface area contributed by atoms with E-state index in [-0.39, 0.29) is 11.9 Å². The summed E-state index contributed by atoms with van der Waals surface area (Å²) in [7, 11) is 0. The number of nitrogens with two attached hydrogens (primary N) is 1. The molecule has 0 bridgehead atoms. The average molecular weight is 144 g/mol. The van der Waals surface area contributed by atoms with Crippen LogP contribution in [0.15, 0.2) is 0 Å². The van der Waals surface area contributed by atoms with Gasteiger partial charge in [-0.05, 0) is 13.3 Å². The highest BCUT2D eigenvalue weighted by Crippen LogP contribution is 2.05. The van der Waals surface area contributed by atoms with Crippen molar-refractivity contribution in [2.45, 2.75) is 19.4 Å². The van der Waals surface area contributed by atoms with Crippen molar-refractivity contribution < 1.29 is 9.63 Å². The fourth-order valence-electron chi connectivity index (χ4n) is 0.909. The molecule has 1 amide bonds. The fraction of sp³-hybridized carbons (Fsp3) is 0.833. The molecule has 0 aromatic heterocycles. The molecule has 1 aliphatic heterocycles. The van der Waals surface area contributed by atoms with E-state index in [9.17, 15) is 4.79 Å². The van der Waals surface area contributed by atoms with Crippen LogP contribution in [0.3, 0.4) is 0 Å². The van der Waals surface area contributed by atoms with Crippen molar-refractivity contribution in [1.29, 1.82) is 0 Å². The van der Waals surface area contributed by atoms with Gasteiger partial charge in [0, 0.05) is 6.54 Å². The van der Waals surface area contributed by atoms with Gasteiger partial charge in [0.2, 0.25) is 0 Å². The zero-order valence-corrected chi connectivity index (χ0v) is 6.04. The Balaban J connectivity index is 2.51. The van der Waals surface area contributed by atoms with Crippen LogP contribution in [-0.2, 0) is 9.63 Å². The lowest BCUT2D eigenvalue weighted by Gasteiger charge is -2.28. The molecular formula is C6H12N2O2. The molecule has 1 fully saturated rings. The molecule has 58 valence electrons. The van der Waals surface area contributed by atoms with Crippen LogP contribution in [0.25, 0.3) is 0 Å². The molecule has 0 radical (unpaired) electrons. The zero-order valence-electron chi connectivity index (χ0n) is 6.04. The molecule has 4 heteroatoms. The van der Waals surface area contributed by atoms with Gasteiger partial charge in [-0.15, -0.1) is 0 Å². The molecule has 1 unspecified atom stereocenters. The van der Waals surface area contributed by atoms with Crippen molar-refractivity contribution in [3.63, 3.8) is 0 Å². The fourth-order valence-corrected chi connectivity index (χ4v) is 0.909. The van der Waals surface area contributed by atoms with Gasteiger partial charge in [0.1, 0.15) is 0 Å². The van der Waals surface area contributed by atoms with Crippen LogP contribution in [0.4, 0.5) is 0 Å². The Bertz CT molecular complexity index is 138. The van der Waals surface area contributed by atoms with Crippen molar-refractivity contribution in [1.82, 2.24) is 5.06 Å². The third-order valence-corrected chi connectivity index (χ3v) is 1.53. The van der Waals surface area contributed by atoms with Gasteiger partial charge in [-0.25, -0.2) is 5.06 Å². The summed E-state index contributed by atoms with van der Waals surface area (Å²) in [6.07, 6.45) is 0.634. The molecule has 1 heterocycles. The zero-order chi connectivity index (χ0) is 7.56. The summed E-state index contributed by atoms with van der Waals surface area (Å²) in [5.74, 6) is -0.103. The van der Waals surface area contributed by atoms with E-state index in [1.165, 1.54) is 5.06 Å². The van der Waals surface area contributed by atoms with E-state index in [2.05, 4.69) is 0 Å². The molecule has 0 spiro atoms. The second-order valence-corrected chi connectivity index (χ2v) is 2.26. The Morgan fingerprint density at radius 3 is 3.10 bits per heavy atom. The van der Waals surface area contributed by atoms with Crippen LogP contribution < -0.4 is 5.73 Å².